The summed E-state index contributed by atoms with van der Waals surface area (Å²) in [6.07, 6.45) is 2.66. The number of carbonyl (C=O) groups excluding carboxylic acids is 1. The highest BCUT2D eigenvalue weighted by atomic mass is 16.6. The molecule has 0 N–H and O–H groups in total. The summed E-state index contributed by atoms with van der Waals surface area (Å²) >= 11 is 0. The van der Waals surface area contributed by atoms with Crippen LogP contribution < -0.4 is 0 Å². The minimum absolute atomic E-state index is 0.161. The van der Waals surface area contributed by atoms with Crippen molar-refractivity contribution < 1.29 is 14.3 Å². The van der Waals surface area contributed by atoms with E-state index in [1.807, 2.05) is 17.0 Å². The van der Waals surface area contributed by atoms with Crippen molar-refractivity contribution in [1.29, 1.82) is 0 Å². The van der Waals surface area contributed by atoms with Crippen LogP contribution in [0.15, 0.2) is 24.3 Å². The first-order valence-corrected chi connectivity index (χ1v) is 9.19. The first kappa shape index (κ1) is 18.4. The lowest BCUT2D eigenvalue weighted by molar-refractivity contribution is -0.135. The molecule has 1 aromatic rings. The molecule has 0 saturated carbocycles. The fraction of sp³-hybridized carbons (Fsp3) is 0.650. The van der Waals surface area contributed by atoms with Crippen molar-refractivity contribution in [3.63, 3.8) is 0 Å². The molecular weight excluding hydrogens is 316 g/mol. The fourth-order valence-corrected chi connectivity index (χ4v) is 3.76. The zero-order valence-corrected chi connectivity index (χ0v) is 15.7. The highest BCUT2D eigenvalue weighted by Crippen LogP contribution is 2.33. The molecular formula is C20H30N2O3. The molecule has 0 aromatic heterocycles. The Labute approximate surface area is 150 Å². The Bertz CT molecular complexity index is 587. The average Bonchev–Trinajstić information content (AvgIpc) is 2.81. The van der Waals surface area contributed by atoms with Gasteiger partial charge in [0, 0.05) is 13.1 Å². The van der Waals surface area contributed by atoms with Gasteiger partial charge in [-0.2, -0.15) is 0 Å². The third kappa shape index (κ3) is 4.81. The van der Waals surface area contributed by atoms with Crippen molar-refractivity contribution in [3.8, 4) is 0 Å². The van der Waals surface area contributed by atoms with Crippen LogP contribution in [-0.2, 0) is 20.7 Å². The van der Waals surface area contributed by atoms with E-state index in [-0.39, 0.29) is 17.6 Å². The van der Waals surface area contributed by atoms with E-state index in [4.69, 9.17) is 9.47 Å². The van der Waals surface area contributed by atoms with Crippen molar-refractivity contribution in [2.75, 3.05) is 46.9 Å². The maximum absolute atomic E-state index is 12.8. The topological polar surface area (TPSA) is 42.0 Å². The predicted molar refractivity (Wildman–Crippen MR) is 97.7 cm³/mol. The summed E-state index contributed by atoms with van der Waals surface area (Å²) in [5.74, 6) is 0.161. The molecule has 0 radical (unpaired) electrons. The molecule has 5 nitrogen and oxygen atoms in total. The number of nitrogens with zero attached hydrogens (tertiary/aromatic N) is 2. The van der Waals surface area contributed by atoms with E-state index in [1.165, 1.54) is 5.56 Å². The van der Waals surface area contributed by atoms with Gasteiger partial charge in [0.05, 0.1) is 32.3 Å². The van der Waals surface area contributed by atoms with Gasteiger partial charge in [0.15, 0.2) is 0 Å². The number of benzene rings is 1. The van der Waals surface area contributed by atoms with Gasteiger partial charge in [0.2, 0.25) is 5.91 Å². The summed E-state index contributed by atoms with van der Waals surface area (Å²) in [4.78, 5) is 16.9. The number of ether oxygens (including phenoxy) is 2. The molecule has 138 valence electrons. The van der Waals surface area contributed by atoms with E-state index in [1.54, 1.807) is 0 Å². The number of aryl methyl sites for hydroxylation is 1. The van der Waals surface area contributed by atoms with Crippen LogP contribution in [0.2, 0.25) is 0 Å². The lowest BCUT2D eigenvalue weighted by Crippen LogP contribution is -2.47. The van der Waals surface area contributed by atoms with Gasteiger partial charge < -0.3 is 19.3 Å². The van der Waals surface area contributed by atoms with Crippen LogP contribution in [-0.4, -0.2) is 74.4 Å². The smallest absolute Gasteiger partial charge is 0.227 e. The van der Waals surface area contributed by atoms with Crippen molar-refractivity contribution in [1.82, 2.24) is 9.80 Å². The van der Waals surface area contributed by atoms with Gasteiger partial charge in [-0.05, 0) is 39.4 Å². The van der Waals surface area contributed by atoms with Gasteiger partial charge in [-0.3, -0.25) is 4.79 Å². The van der Waals surface area contributed by atoms with Gasteiger partial charge in [0.25, 0.3) is 0 Å². The number of hydrogen-bond donors (Lipinski definition) is 0. The molecule has 2 heterocycles. The lowest BCUT2D eigenvalue weighted by Gasteiger charge is -2.32. The minimum Gasteiger partial charge on any atom is -0.377 e. The van der Waals surface area contributed by atoms with Crippen molar-refractivity contribution >= 4 is 5.91 Å². The third-order valence-corrected chi connectivity index (χ3v) is 5.09. The number of hydrogen-bond acceptors (Lipinski definition) is 4. The highest BCUT2D eigenvalue weighted by molar-refractivity contribution is 5.79. The Morgan fingerprint density at radius 2 is 2.08 bits per heavy atom. The average molecular weight is 346 g/mol. The van der Waals surface area contributed by atoms with Gasteiger partial charge in [-0.25, -0.2) is 0 Å². The Balaban J connectivity index is 1.63. The third-order valence-electron chi connectivity index (χ3n) is 5.09. The van der Waals surface area contributed by atoms with E-state index >= 15 is 0 Å². The Morgan fingerprint density at radius 3 is 2.80 bits per heavy atom. The molecule has 0 unspecified atom stereocenters. The van der Waals surface area contributed by atoms with Crippen LogP contribution in [0.3, 0.4) is 0 Å². The van der Waals surface area contributed by atoms with Crippen LogP contribution in [0.1, 0.15) is 24.0 Å². The van der Waals surface area contributed by atoms with Gasteiger partial charge in [-0.15, -0.1) is 0 Å². The first-order chi connectivity index (χ1) is 12.0. The zero-order valence-electron chi connectivity index (χ0n) is 15.7. The monoisotopic (exact) mass is 346 g/mol. The second kappa shape index (κ2) is 7.85. The minimum atomic E-state index is -0.333. The molecule has 2 aliphatic heterocycles. The summed E-state index contributed by atoms with van der Waals surface area (Å²) in [7, 11) is 4.13. The molecule has 2 saturated heterocycles. The Kier molecular flexibility index (Phi) is 5.77. The molecule has 5 heteroatoms. The second-order valence-electron chi connectivity index (χ2n) is 7.75. The van der Waals surface area contributed by atoms with Gasteiger partial charge in [-0.1, -0.05) is 29.8 Å². The standard InChI is InChI=1S/C20H30N2O3/c1-16-4-6-17(7-5-16)12-19(23)22-10-11-24-15-20(14-22)9-8-18(25-20)13-21(2)3/h4-7,18H,8-15H2,1-3H3/t18-,20+/m0/s1. The number of amides is 1. The Morgan fingerprint density at radius 1 is 1.32 bits per heavy atom. The quantitative estimate of drug-likeness (QED) is 0.835. The van der Waals surface area contributed by atoms with Crippen molar-refractivity contribution in [2.45, 2.75) is 37.9 Å². The largest absolute Gasteiger partial charge is 0.377 e. The Hall–Kier alpha value is -1.43. The van der Waals surface area contributed by atoms with Gasteiger partial charge in [0.1, 0.15) is 5.60 Å². The van der Waals surface area contributed by atoms with Crippen LogP contribution in [0.25, 0.3) is 0 Å². The summed E-state index contributed by atoms with van der Waals surface area (Å²) in [6.45, 7) is 5.44. The summed E-state index contributed by atoms with van der Waals surface area (Å²) in [5.41, 5.74) is 1.94. The number of carbonyl (C=O) groups is 1. The molecule has 2 atom stereocenters. The fourth-order valence-electron chi connectivity index (χ4n) is 3.76. The number of rotatable bonds is 4. The first-order valence-electron chi connectivity index (χ1n) is 9.19. The van der Waals surface area contributed by atoms with Crippen molar-refractivity contribution in [3.05, 3.63) is 35.4 Å². The molecule has 0 bridgehead atoms. The summed E-state index contributed by atoms with van der Waals surface area (Å²) < 4.78 is 12.2. The van der Waals surface area contributed by atoms with Crippen LogP contribution >= 0.6 is 0 Å². The summed E-state index contributed by atoms with van der Waals surface area (Å²) in [5, 5.41) is 0. The van der Waals surface area contributed by atoms with E-state index in [2.05, 4.69) is 38.1 Å². The van der Waals surface area contributed by atoms with E-state index in [9.17, 15) is 4.79 Å². The molecule has 2 fully saturated rings. The van der Waals surface area contributed by atoms with Crippen LogP contribution in [0.4, 0.5) is 0 Å². The van der Waals surface area contributed by atoms with E-state index < -0.39 is 0 Å². The molecule has 1 amide bonds. The molecule has 25 heavy (non-hydrogen) atoms. The maximum Gasteiger partial charge on any atom is 0.227 e. The molecule has 2 aliphatic rings. The molecule has 0 aliphatic carbocycles. The second-order valence-corrected chi connectivity index (χ2v) is 7.75. The zero-order chi connectivity index (χ0) is 17.9. The summed E-state index contributed by atoms with van der Waals surface area (Å²) in [6, 6.07) is 8.19. The molecule has 1 spiro atoms. The highest BCUT2D eigenvalue weighted by Gasteiger charge is 2.43. The molecule has 3 rings (SSSR count). The van der Waals surface area contributed by atoms with Crippen LogP contribution in [0.5, 0.6) is 0 Å². The maximum atomic E-state index is 12.8. The van der Waals surface area contributed by atoms with Gasteiger partial charge >= 0.3 is 0 Å². The van der Waals surface area contributed by atoms with E-state index in [0.29, 0.717) is 32.7 Å². The normalized spacial score (nSPS) is 27.0. The van der Waals surface area contributed by atoms with E-state index in [0.717, 1.165) is 24.9 Å². The predicted octanol–water partition coefficient (Wildman–Crippen LogP) is 1.88. The molecule has 1 aromatic carbocycles. The number of likely N-dealkylation sites (N-methyl/N-ethyl adjacent to an activating group) is 1. The SMILES string of the molecule is Cc1ccc(CC(=O)N2CCOC[C@@]3(CC[C@@H](CN(C)C)O3)C2)cc1. The lowest BCUT2D eigenvalue weighted by atomic mass is 9.99. The van der Waals surface area contributed by atoms with Crippen LogP contribution in [0, 0.1) is 6.92 Å². The van der Waals surface area contributed by atoms with Crippen molar-refractivity contribution in [2.24, 2.45) is 0 Å².